The van der Waals surface area contributed by atoms with E-state index < -0.39 is 23.1 Å². The van der Waals surface area contributed by atoms with Crippen LogP contribution in [-0.2, 0) is 21.6 Å². The highest BCUT2D eigenvalue weighted by molar-refractivity contribution is 5.84. The van der Waals surface area contributed by atoms with E-state index in [2.05, 4.69) is 52.8 Å². The first-order valence-electron chi connectivity index (χ1n) is 12.3. The Hall–Kier alpha value is -2.53. The van der Waals surface area contributed by atoms with Gasteiger partial charge in [0.15, 0.2) is 5.60 Å². The highest BCUT2D eigenvalue weighted by Crippen LogP contribution is 2.55. The first-order valence-corrected chi connectivity index (χ1v) is 12.3. The lowest BCUT2D eigenvalue weighted by atomic mass is 9.62. The summed E-state index contributed by atoms with van der Waals surface area (Å²) in [5.41, 5.74) is 0.742. The molecular formula is C29H40O5. The molecule has 2 N–H and O–H groups in total. The van der Waals surface area contributed by atoms with E-state index in [-0.39, 0.29) is 17.2 Å². The lowest BCUT2D eigenvalue weighted by Gasteiger charge is -2.52. The van der Waals surface area contributed by atoms with Gasteiger partial charge in [0, 0.05) is 17.0 Å². The van der Waals surface area contributed by atoms with Crippen molar-refractivity contribution in [2.75, 3.05) is 7.11 Å². The van der Waals surface area contributed by atoms with E-state index in [0.717, 1.165) is 18.4 Å². The van der Waals surface area contributed by atoms with Crippen molar-refractivity contribution in [1.82, 2.24) is 0 Å². The van der Waals surface area contributed by atoms with Crippen molar-refractivity contribution in [3.63, 3.8) is 0 Å². The molecule has 4 atom stereocenters. The monoisotopic (exact) mass is 468 g/mol. The standard InChI is InChI=1S/C29H40O5/c1-18(2)9-8-10-20(5)11-12-22-15-23(30)17-24-26(22)34-28(6)14-13-21(19(3)4)16-25(28)29(24,32)27(31)33-7/h9,11,13-15,17,19,21,25,30,32H,8,10,12,16H2,1-7H3/b20-11+/t21-,25+,28-,29+/m0/s1. The Morgan fingerprint density at radius 1 is 1.26 bits per heavy atom. The van der Waals surface area contributed by atoms with Crippen LogP contribution in [0.1, 0.15) is 71.9 Å². The second kappa shape index (κ2) is 9.99. The van der Waals surface area contributed by atoms with Gasteiger partial charge in [0.05, 0.1) is 7.11 Å². The maximum absolute atomic E-state index is 13.1. The minimum absolute atomic E-state index is 0.00867. The van der Waals surface area contributed by atoms with Crippen molar-refractivity contribution in [2.45, 2.75) is 78.4 Å². The number of rotatable bonds is 7. The smallest absolute Gasteiger partial charge is 0.343 e. The van der Waals surface area contributed by atoms with Crippen LogP contribution >= 0.6 is 0 Å². The van der Waals surface area contributed by atoms with Gasteiger partial charge in [-0.3, -0.25) is 0 Å². The molecule has 0 aromatic heterocycles. The van der Waals surface area contributed by atoms with Gasteiger partial charge < -0.3 is 19.7 Å². The number of ether oxygens (including phenoxy) is 2. The third-order valence-electron chi connectivity index (χ3n) is 7.38. The molecule has 34 heavy (non-hydrogen) atoms. The van der Waals surface area contributed by atoms with Gasteiger partial charge in [0.2, 0.25) is 0 Å². The Labute approximate surface area is 204 Å². The van der Waals surface area contributed by atoms with E-state index in [1.54, 1.807) is 6.07 Å². The van der Waals surface area contributed by atoms with Crippen molar-refractivity contribution in [2.24, 2.45) is 17.8 Å². The van der Waals surface area contributed by atoms with E-state index in [1.807, 2.05) is 13.0 Å². The quantitative estimate of drug-likeness (QED) is 0.380. The van der Waals surface area contributed by atoms with E-state index in [1.165, 1.54) is 24.3 Å². The fourth-order valence-electron chi connectivity index (χ4n) is 5.22. The van der Waals surface area contributed by atoms with Crippen LogP contribution in [0.2, 0.25) is 0 Å². The first kappa shape index (κ1) is 26.1. The van der Waals surface area contributed by atoms with Crippen molar-refractivity contribution in [1.29, 1.82) is 0 Å². The molecule has 0 spiro atoms. The number of hydrogen-bond acceptors (Lipinski definition) is 5. The Bertz CT molecular complexity index is 1010. The molecule has 1 aliphatic carbocycles. The lowest BCUT2D eigenvalue weighted by Crippen LogP contribution is -2.60. The third kappa shape index (κ3) is 4.95. The highest BCUT2D eigenvalue weighted by Gasteiger charge is 2.61. The summed E-state index contributed by atoms with van der Waals surface area (Å²) in [5, 5.41) is 22.6. The predicted molar refractivity (Wildman–Crippen MR) is 135 cm³/mol. The molecular weight excluding hydrogens is 428 g/mol. The zero-order chi connectivity index (χ0) is 25.3. The molecule has 5 nitrogen and oxygen atoms in total. The summed E-state index contributed by atoms with van der Waals surface area (Å²) in [6.45, 7) is 12.4. The average molecular weight is 469 g/mol. The van der Waals surface area contributed by atoms with Gasteiger partial charge in [-0.15, -0.1) is 0 Å². The summed E-state index contributed by atoms with van der Waals surface area (Å²) in [7, 11) is 1.29. The van der Waals surface area contributed by atoms with E-state index in [9.17, 15) is 15.0 Å². The van der Waals surface area contributed by atoms with Crippen LogP contribution in [0.15, 0.2) is 47.6 Å². The molecule has 5 heteroatoms. The van der Waals surface area contributed by atoms with E-state index in [4.69, 9.17) is 9.47 Å². The van der Waals surface area contributed by atoms with Crippen LogP contribution in [0.3, 0.4) is 0 Å². The SMILES string of the molecule is COC(=O)[C@@]1(O)c2cc(O)cc(C/C=C(\C)CCC=C(C)C)c2O[C@@]2(C)C=C[C@H](C(C)C)C[C@@H]12. The zero-order valence-corrected chi connectivity index (χ0v) is 21.6. The molecule has 0 bridgehead atoms. The lowest BCUT2D eigenvalue weighted by molar-refractivity contribution is -0.187. The predicted octanol–water partition coefficient (Wildman–Crippen LogP) is 5.99. The van der Waals surface area contributed by atoms with Crippen LogP contribution in [0.25, 0.3) is 0 Å². The van der Waals surface area contributed by atoms with Crippen LogP contribution in [-0.4, -0.2) is 28.9 Å². The summed E-state index contributed by atoms with van der Waals surface area (Å²) in [4.78, 5) is 13.1. The van der Waals surface area contributed by atoms with Gasteiger partial charge >= 0.3 is 5.97 Å². The molecule has 0 amide bonds. The molecule has 0 saturated heterocycles. The maximum atomic E-state index is 13.1. The number of methoxy groups -OCH3 is 1. The Morgan fingerprint density at radius 2 is 1.97 bits per heavy atom. The summed E-state index contributed by atoms with van der Waals surface area (Å²) in [6, 6.07) is 3.10. The molecule has 1 aliphatic heterocycles. The largest absolute Gasteiger partial charge is 0.508 e. The number of phenols is 1. The molecule has 3 rings (SSSR count). The second-order valence-corrected chi connectivity index (χ2v) is 10.7. The van der Waals surface area contributed by atoms with Gasteiger partial charge in [-0.25, -0.2) is 4.79 Å². The molecule has 0 radical (unpaired) electrons. The second-order valence-electron chi connectivity index (χ2n) is 10.7. The molecule has 1 aromatic carbocycles. The molecule has 1 heterocycles. The summed E-state index contributed by atoms with van der Waals surface area (Å²) >= 11 is 0. The third-order valence-corrected chi connectivity index (χ3v) is 7.38. The van der Waals surface area contributed by atoms with Crippen LogP contribution in [0.5, 0.6) is 11.5 Å². The topological polar surface area (TPSA) is 76.0 Å². The molecule has 186 valence electrons. The molecule has 2 aliphatic rings. The van der Waals surface area contributed by atoms with Crippen molar-refractivity contribution in [3.8, 4) is 11.5 Å². The van der Waals surface area contributed by atoms with Crippen molar-refractivity contribution < 1.29 is 24.5 Å². The fourth-order valence-corrected chi connectivity index (χ4v) is 5.22. The number of aromatic hydroxyl groups is 1. The summed E-state index contributed by atoms with van der Waals surface area (Å²) in [6.07, 6.45) is 11.5. The number of carbonyl (C=O) groups is 1. The minimum Gasteiger partial charge on any atom is -0.508 e. The molecule has 0 saturated carbocycles. The Morgan fingerprint density at radius 3 is 2.59 bits per heavy atom. The summed E-state index contributed by atoms with van der Waals surface area (Å²) < 4.78 is 11.7. The Balaban J connectivity index is 2.07. The number of carbonyl (C=O) groups excluding carboxylic acids is 1. The van der Waals surface area contributed by atoms with Crippen LogP contribution in [0.4, 0.5) is 0 Å². The van der Waals surface area contributed by atoms with E-state index >= 15 is 0 Å². The van der Waals surface area contributed by atoms with Gasteiger partial charge in [-0.2, -0.15) is 0 Å². The average Bonchev–Trinajstić information content (AvgIpc) is 2.77. The highest BCUT2D eigenvalue weighted by atomic mass is 16.5. The molecule has 1 aromatic rings. The normalized spacial score (nSPS) is 28.1. The number of aliphatic hydroxyl groups is 1. The van der Waals surface area contributed by atoms with Gasteiger partial charge in [0.1, 0.15) is 17.1 Å². The van der Waals surface area contributed by atoms with Crippen molar-refractivity contribution in [3.05, 3.63) is 58.7 Å². The number of phenolic OH excluding ortho intramolecular Hbond substituents is 1. The van der Waals surface area contributed by atoms with Gasteiger partial charge in [0.25, 0.3) is 0 Å². The Kier molecular flexibility index (Phi) is 7.66. The first-order chi connectivity index (χ1) is 15.9. The van der Waals surface area contributed by atoms with E-state index in [0.29, 0.717) is 24.5 Å². The van der Waals surface area contributed by atoms with Gasteiger partial charge in [-0.05, 0) is 83.4 Å². The number of allylic oxidation sites excluding steroid dienone is 5. The number of benzene rings is 1. The maximum Gasteiger partial charge on any atom is 0.343 e. The zero-order valence-electron chi connectivity index (χ0n) is 21.6. The molecule has 0 fully saturated rings. The number of esters is 1. The minimum atomic E-state index is -1.93. The van der Waals surface area contributed by atoms with Gasteiger partial charge in [-0.1, -0.05) is 43.2 Å². The fraction of sp³-hybridized carbons (Fsp3) is 0.552. The molecule has 0 unspecified atom stereocenters. The number of hydrogen-bond donors (Lipinski definition) is 2. The number of fused-ring (bicyclic) bond motifs is 2. The summed E-state index contributed by atoms with van der Waals surface area (Å²) in [5.74, 6) is -0.286. The van der Waals surface area contributed by atoms with Crippen LogP contribution in [0, 0.1) is 17.8 Å². The van der Waals surface area contributed by atoms with Crippen molar-refractivity contribution >= 4 is 5.97 Å². The van der Waals surface area contributed by atoms with Crippen LogP contribution < -0.4 is 4.74 Å².